The summed E-state index contributed by atoms with van der Waals surface area (Å²) in [4.78, 5) is 3.80. The molecule has 0 aliphatic heterocycles. The summed E-state index contributed by atoms with van der Waals surface area (Å²) in [5.41, 5.74) is 5.52. The predicted molar refractivity (Wildman–Crippen MR) is 64.2 cm³/mol. The third kappa shape index (κ3) is 2.85. The fourth-order valence-corrected chi connectivity index (χ4v) is 1.71. The summed E-state index contributed by atoms with van der Waals surface area (Å²) >= 11 is 0. The molecule has 0 fully saturated rings. The largest absolute Gasteiger partial charge is 0.416 e. The van der Waals surface area contributed by atoms with Crippen molar-refractivity contribution in [2.45, 2.75) is 12.3 Å². The number of halogens is 3. The quantitative estimate of drug-likeness (QED) is 0.880. The van der Waals surface area contributed by atoms with Gasteiger partial charge >= 0.3 is 6.18 Å². The molecule has 1 aromatic heterocycles. The smallest absolute Gasteiger partial charge is 0.398 e. The second kappa shape index (κ2) is 4.89. The fourth-order valence-electron chi connectivity index (χ4n) is 1.71. The van der Waals surface area contributed by atoms with Gasteiger partial charge in [-0.1, -0.05) is 12.1 Å². The number of nitrogens with two attached hydrogens (primary N) is 1. The molecule has 0 bridgehead atoms. The Labute approximate surface area is 107 Å². The Hall–Kier alpha value is -2.08. The van der Waals surface area contributed by atoms with Gasteiger partial charge in [0.2, 0.25) is 0 Å². The van der Waals surface area contributed by atoms with Crippen molar-refractivity contribution in [3.8, 4) is 0 Å². The van der Waals surface area contributed by atoms with E-state index in [2.05, 4.69) is 4.98 Å². The van der Waals surface area contributed by atoms with Gasteiger partial charge < -0.3 is 10.8 Å². The number of hydrogen-bond donors (Lipinski definition) is 2. The standard InChI is InChI=1S/C13H11F3N2O/c14-13(15,16)9-3-1-2-8(6-9)12(19)10-7-18-5-4-11(10)17/h1-7,12,19H,(H2,17,18). The monoisotopic (exact) mass is 268 g/mol. The van der Waals surface area contributed by atoms with E-state index < -0.39 is 17.8 Å². The number of hydrogen-bond acceptors (Lipinski definition) is 3. The number of alkyl halides is 3. The summed E-state index contributed by atoms with van der Waals surface area (Å²) in [6.45, 7) is 0. The average Bonchev–Trinajstić information content (AvgIpc) is 2.38. The first-order valence-corrected chi connectivity index (χ1v) is 5.44. The maximum absolute atomic E-state index is 12.6. The van der Waals surface area contributed by atoms with Gasteiger partial charge in [-0.25, -0.2) is 0 Å². The predicted octanol–water partition coefficient (Wildman–Crippen LogP) is 2.76. The maximum atomic E-state index is 12.6. The number of nitrogens with zero attached hydrogens (tertiary/aromatic N) is 1. The first-order chi connectivity index (χ1) is 8.89. The molecule has 1 unspecified atom stereocenters. The van der Waals surface area contributed by atoms with E-state index in [-0.39, 0.29) is 16.8 Å². The average molecular weight is 268 g/mol. The number of anilines is 1. The van der Waals surface area contributed by atoms with E-state index in [0.29, 0.717) is 0 Å². The molecular formula is C13H11F3N2O. The summed E-state index contributed by atoms with van der Waals surface area (Å²) < 4.78 is 37.8. The van der Waals surface area contributed by atoms with Crippen molar-refractivity contribution >= 4 is 5.69 Å². The zero-order valence-corrected chi connectivity index (χ0v) is 9.72. The van der Waals surface area contributed by atoms with Gasteiger partial charge in [-0.2, -0.15) is 13.2 Å². The Balaban J connectivity index is 2.40. The molecule has 3 N–H and O–H groups in total. The molecule has 0 saturated heterocycles. The van der Waals surface area contributed by atoms with Gasteiger partial charge in [0.1, 0.15) is 6.10 Å². The van der Waals surface area contributed by atoms with E-state index in [1.165, 1.54) is 30.6 Å². The molecule has 1 heterocycles. The maximum Gasteiger partial charge on any atom is 0.416 e. The molecule has 0 saturated carbocycles. The van der Waals surface area contributed by atoms with Gasteiger partial charge in [0, 0.05) is 23.6 Å². The third-order valence-electron chi connectivity index (χ3n) is 2.71. The minimum Gasteiger partial charge on any atom is -0.398 e. The summed E-state index contributed by atoms with van der Waals surface area (Å²) in [7, 11) is 0. The van der Waals surface area contributed by atoms with Crippen LogP contribution in [-0.4, -0.2) is 10.1 Å². The molecule has 19 heavy (non-hydrogen) atoms. The van der Waals surface area contributed by atoms with Crippen molar-refractivity contribution < 1.29 is 18.3 Å². The van der Waals surface area contributed by atoms with E-state index in [1.807, 2.05) is 0 Å². The van der Waals surface area contributed by atoms with Crippen LogP contribution in [0.3, 0.4) is 0 Å². The van der Waals surface area contributed by atoms with Gasteiger partial charge in [0.05, 0.1) is 5.56 Å². The minimum atomic E-state index is -4.45. The lowest BCUT2D eigenvalue weighted by Crippen LogP contribution is -2.08. The summed E-state index contributed by atoms with van der Waals surface area (Å²) in [6.07, 6.45) is -2.91. The first-order valence-electron chi connectivity index (χ1n) is 5.44. The molecule has 1 atom stereocenters. The zero-order chi connectivity index (χ0) is 14.0. The third-order valence-corrected chi connectivity index (χ3v) is 2.71. The number of aliphatic hydroxyl groups excluding tert-OH is 1. The van der Waals surface area contributed by atoms with E-state index in [4.69, 9.17) is 5.73 Å². The van der Waals surface area contributed by atoms with E-state index in [1.54, 1.807) is 0 Å². The molecule has 2 aromatic rings. The molecular weight excluding hydrogens is 257 g/mol. The molecule has 0 aliphatic carbocycles. The number of aliphatic hydroxyl groups is 1. The Bertz CT molecular complexity index is 584. The van der Waals surface area contributed by atoms with Gasteiger partial charge in [-0.15, -0.1) is 0 Å². The second-order valence-electron chi connectivity index (χ2n) is 4.03. The molecule has 100 valence electrons. The summed E-state index contributed by atoms with van der Waals surface area (Å²) in [6, 6.07) is 5.98. The van der Waals surface area contributed by atoms with Crippen LogP contribution in [0.2, 0.25) is 0 Å². The highest BCUT2D eigenvalue weighted by Crippen LogP contribution is 2.32. The number of rotatable bonds is 2. The molecule has 0 spiro atoms. The topological polar surface area (TPSA) is 59.1 Å². The Morgan fingerprint density at radius 3 is 2.58 bits per heavy atom. The van der Waals surface area contributed by atoms with Gasteiger partial charge in [0.25, 0.3) is 0 Å². The minimum absolute atomic E-state index is 0.120. The lowest BCUT2D eigenvalue weighted by Gasteiger charge is -2.15. The number of aromatic nitrogens is 1. The van der Waals surface area contributed by atoms with Crippen molar-refractivity contribution in [2.24, 2.45) is 0 Å². The van der Waals surface area contributed by atoms with Gasteiger partial charge in [-0.3, -0.25) is 4.98 Å². The molecule has 3 nitrogen and oxygen atoms in total. The van der Waals surface area contributed by atoms with Crippen molar-refractivity contribution in [2.75, 3.05) is 5.73 Å². The Morgan fingerprint density at radius 2 is 1.95 bits per heavy atom. The highest BCUT2D eigenvalue weighted by molar-refractivity contribution is 5.49. The van der Waals surface area contributed by atoms with Crippen LogP contribution >= 0.6 is 0 Å². The first kappa shape index (κ1) is 13.4. The number of nitrogen functional groups attached to an aromatic ring is 1. The van der Waals surface area contributed by atoms with Crippen molar-refractivity contribution in [1.82, 2.24) is 4.98 Å². The van der Waals surface area contributed by atoms with Crippen LogP contribution in [0.1, 0.15) is 22.8 Å². The Kier molecular flexibility index (Phi) is 3.44. The number of benzene rings is 1. The summed E-state index contributed by atoms with van der Waals surface area (Å²) in [5, 5.41) is 10.1. The molecule has 1 aromatic carbocycles. The van der Waals surface area contributed by atoms with Crippen LogP contribution < -0.4 is 5.73 Å². The second-order valence-corrected chi connectivity index (χ2v) is 4.03. The van der Waals surface area contributed by atoms with Crippen LogP contribution in [0, 0.1) is 0 Å². The van der Waals surface area contributed by atoms with Gasteiger partial charge in [-0.05, 0) is 23.8 Å². The van der Waals surface area contributed by atoms with Crippen LogP contribution in [-0.2, 0) is 6.18 Å². The fraction of sp³-hybridized carbons (Fsp3) is 0.154. The van der Waals surface area contributed by atoms with Gasteiger partial charge in [0.15, 0.2) is 0 Å². The molecule has 0 radical (unpaired) electrons. The molecule has 6 heteroatoms. The highest BCUT2D eigenvalue weighted by atomic mass is 19.4. The van der Waals surface area contributed by atoms with Crippen molar-refractivity contribution in [3.05, 3.63) is 59.4 Å². The zero-order valence-electron chi connectivity index (χ0n) is 9.72. The normalized spacial score (nSPS) is 13.3. The lowest BCUT2D eigenvalue weighted by molar-refractivity contribution is -0.137. The van der Waals surface area contributed by atoms with Crippen LogP contribution in [0.25, 0.3) is 0 Å². The molecule has 0 aliphatic rings. The van der Waals surface area contributed by atoms with Crippen LogP contribution in [0.4, 0.5) is 18.9 Å². The van der Waals surface area contributed by atoms with Crippen molar-refractivity contribution in [1.29, 1.82) is 0 Å². The summed E-state index contributed by atoms with van der Waals surface area (Å²) in [5.74, 6) is 0. The van der Waals surface area contributed by atoms with E-state index >= 15 is 0 Å². The number of pyridine rings is 1. The van der Waals surface area contributed by atoms with Crippen LogP contribution in [0.5, 0.6) is 0 Å². The molecule has 2 rings (SSSR count). The van der Waals surface area contributed by atoms with E-state index in [0.717, 1.165) is 12.1 Å². The van der Waals surface area contributed by atoms with E-state index in [9.17, 15) is 18.3 Å². The lowest BCUT2D eigenvalue weighted by atomic mass is 10.00. The molecule has 0 amide bonds. The Morgan fingerprint density at radius 1 is 1.21 bits per heavy atom. The van der Waals surface area contributed by atoms with Crippen LogP contribution in [0.15, 0.2) is 42.7 Å². The SMILES string of the molecule is Nc1ccncc1C(O)c1cccc(C(F)(F)F)c1. The van der Waals surface area contributed by atoms with Crippen molar-refractivity contribution in [3.63, 3.8) is 0 Å². The highest BCUT2D eigenvalue weighted by Gasteiger charge is 2.31.